The molecule has 0 radical (unpaired) electrons. The highest BCUT2D eigenvalue weighted by molar-refractivity contribution is 5.36. The average molecular weight is 427 g/mol. The Morgan fingerprint density at radius 3 is 2.52 bits per heavy atom. The van der Waals surface area contributed by atoms with Gasteiger partial charge in [-0.3, -0.25) is 0 Å². The zero-order chi connectivity index (χ0) is 22.2. The SMILES string of the molecule is CC(C)=CCC[C@@H](C)[C@H]1[C@@H](O)C[C@H]2[C@@H]3CC=C4C5(CC5)[C@H](O)CC[C@]4(C)[C@H]3CC[C@]12C. The monoisotopic (exact) mass is 426 g/mol. The average Bonchev–Trinajstić information content (AvgIpc) is 3.43. The van der Waals surface area contributed by atoms with E-state index in [-0.39, 0.29) is 28.5 Å². The second-order valence-corrected chi connectivity index (χ2v) is 13.1. The van der Waals surface area contributed by atoms with Crippen LogP contribution in [-0.2, 0) is 0 Å². The van der Waals surface area contributed by atoms with Crippen LogP contribution in [0.4, 0.5) is 0 Å². The van der Waals surface area contributed by atoms with E-state index in [0.717, 1.165) is 37.5 Å². The van der Waals surface area contributed by atoms with Crippen LogP contribution in [0.2, 0.25) is 0 Å². The van der Waals surface area contributed by atoms with E-state index in [2.05, 4.69) is 46.8 Å². The minimum absolute atomic E-state index is 0.100. The number of hydrogen-bond donors (Lipinski definition) is 2. The van der Waals surface area contributed by atoms with Gasteiger partial charge in [0.1, 0.15) is 0 Å². The van der Waals surface area contributed by atoms with Gasteiger partial charge in [0.05, 0.1) is 12.2 Å². The summed E-state index contributed by atoms with van der Waals surface area (Å²) in [6.45, 7) is 11.9. The van der Waals surface area contributed by atoms with E-state index in [1.807, 2.05) is 0 Å². The maximum atomic E-state index is 11.3. The fourth-order valence-electron chi connectivity index (χ4n) is 9.71. The van der Waals surface area contributed by atoms with Crippen molar-refractivity contribution in [3.63, 3.8) is 0 Å². The molecule has 5 aliphatic rings. The maximum Gasteiger partial charge on any atom is 0.0634 e. The van der Waals surface area contributed by atoms with Gasteiger partial charge in [-0.05, 0) is 118 Å². The highest BCUT2D eigenvalue weighted by Crippen LogP contribution is 2.72. The highest BCUT2D eigenvalue weighted by Gasteiger charge is 2.66. The van der Waals surface area contributed by atoms with Crippen LogP contribution in [0.15, 0.2) is 23.3 Å². The molecule has 4 fully saturated rings. The van der Waals surface area contributed by atoms with Gasteiger partial charge < -0.3 is 10.2 Å². The summed E-state index contributed by atoms with van der Waals surface area (Å²) in [6, 6.07) is 0. The molecule has 5 rings (SSSR count). The number of hydrogen-bond acceptors (Lipinski definition) is 2. The van der Waals surface area contributed by atoms with Crippen LogP contribution in [-0.4, -0.2) is 22.4 Å². The van der Waals surface area contributed by atoms with Gasteiger partial charge in [-0.2, -0.15) is 0 Å². The number of rotatable bonds is 4. The van der Waals surface area contributed by atoms with E-state index in [9.17, 15) is 10.2 Å². The summed E-state index contributed by atoms with van der Waals surface area (Å²) < 4.78 is 0. The molecule has 0 aromatic heterocycles. The second-order valence-electron chi connectivity index (χ2n) is 13.1. The lowest BCUT2D eigenvalue weighted by molar-refractivity contribution is -0.0721. The van der Waals surface area contributed by atoms with Gasteiger partial charge in [0.25, 0.3) is 0 Å². The predicted octanol–water partition coefficient (Wildman–Crippen LogP) is 6.67. The van der Waals surface area contributed by atoms with Crippen molar-refractivity contribution in [2.24, 2.45) is 45.8 Å². The Morgan fingerprint density at radius 2 is 1.84 bits per heavy atom. The summed E-state index contributed by atoms with van der Waals surface area (Å²) in [5, 5.41) is 22.1. The third kappa shape index (κ3) is 3.17. The minimum atomic E-state index is -0.128. The van der Waals surface area contributed by atoms with E-state index < -0.39 is 0 Å². The Bertz CT molecular complexity index is 772. The summed E-state index contributed by atoms with van der Waals surface area (Å²) in [6.07, 6.45) is 16.5. The molecule has 2 N–H and O–H groups in total. The molecular formula is C29H46O2. The Labute approximate surface area is 190 Å². The molecule has 0 amide bonds. The normalized spacial score (nSPS) is 48.3. The third-order valence-electron chi connectivity index (χ3n) is 11.3. The van der Waals surface area contributed by atoms with Crippen molar-refractivity contribution in [2.45, 2.75) is 111 Å². The van der Waals surface area contributed by atoms with Gasteiger partial charge in [0.2, 0.25) is 0 Å². The molecule has 4 saturated carbocycles. The van der Waals surface area contributed by atoms with E-state index in [4.69, 9.17) is 0 Å². The summed E-state index contributed by atoms with van der Waals surface area (Å²) in [7, 11) is 0. The third-order valence-corrected chi connectivity index (χ3v) is 11.3. The first-order valence-electron chi connectivity index (χ1n) is 13.3. The van der Waals surface area contributed by atoms with Crippen molar-refractivity contribution in [1.82, 2.24) is 0 Å². The first-order chi connectivity index (χ1) is 14.6. The van der Waals surface area contributed by atoms with Crippen LogP contribution in [0, 0.1) is 45.8 Å². The van der Waals surface area contributed by atoms with Crippen molar-refractivity contribution in [3.8, 4) is 0 Å². The Hall–Kier alpha value is -0.600. The van der Waals surface area contributed by atoms with Gasteiger partial charge in [0.15, 0.2) is 0 Å². The summed E-state index contributed by atoms with van der Waals surface area (Å²) in [5.74, 6) is 3.17. The second kappa shape index (κ2) is 7.45. The Balaban J connectivity index is 1.40. The van der Waals surface area contributed by atoms with Crippen molar-refractivity contribution >= 4 is 0 Å². The fraction of sp³-hybridized carbons (Fsp3) is 0.862. The highest BCUT2D eigenvalue weighted by atomic mass is 16.3. The molecule has 0 heterocycles. The molecule has 9 atom stereocenters. The van der Waals surface area contributed by atoms with Gasteiger partial charge in [-0.25, -0.2) is 0 Å². The number of aliphatic hydroxyl groups excluding tert-OH is 2. The summed E-state index contributed by atoms with van der Waals surface area (Å²) in [5.41, 5.74) is 3.79. The lowest BCUT2D eigenvalue weighted by atomic mass is 9.45. The van der Waals surface area contributed by atoms with Crippen LogP contribution in [0.1, 0.15) is 98.8 Å². The van der Waals surface area contributed by atoms with E-state index in [1.54, 1.807) is 5.57 Å². The zero-order valence-electron chi connectivity index (χ0n) is 20.7. The number of aliphatic hydroxyl groups is 2. The van der Waals surface area contributed by atoms with Gasteiger partial charge in [0, 0.05) is 5.41 Å². The summed E-state index contributed by atoms with van der Waals surface area (Å²) in [4.78, 5) is 0. The predicted molar refractivity (Wildman–Crippen MR) is 127 cm³/mol. The molecule has 0 aromatic carbocycles. The largest absolute Gasteiger partial charge is 0.393 e. The minimum Gasteiger partial charge on any atom is -0.393 e. The molecule has 174 valence electrons. The maximum absolute atomic E-state index is 11.3. The van der Waals surface area contributed by atoms with E-state index in [0.29, 0.717) is 17.8 Å². The molecule has 0 saturated heterocycles. The lowest BCUT2D eigenvalue weighted by Crippen LogP contribution is -2.53. The van der Waals surface area contributed by atoms with Crippen LogP contribution in [0.5, 0.6) is 0 Å². The standard InChI is InChI=1S/C29H46O2/c1-18(2)7-6-8-19(3)26-23(30)17-22-20-9-10-24-27(4,21(20)11-13-28(22,26)5)14-12-25(31)29(24)15-16-29/h7,10,19-23,25-26,30-31H,6,8-9,11-17H2,1-5H3/t19-,20-,21+,22+,23+,25-,26+,27-,28+/m1/s1. The first kappa shape index (κ1) is 22.2. The van der Waals surface area contributed by atoms with Crippen LogP contribution >= 0.6 is 0 Å². The zero-order valence-corrected chi connectivity index (χ0v) is 20.7. The Kier molecular flexibility index (Phi) is 5.34. The van der Waals surface area contributed by atoms with Crippen molar-refractivity contribution in [3.05, 3.63) is 23.3 Å². The molecular weight excluding hydrogens is 380 g/mol. The summed E-state index contributed by atoms with van der Waals surface area (Å²) >= 11 is 0. The van der Waals surface area contributed by atoms with Gasteiger partial charge >= 0.3 is 0 Å². The molecule has 31 heavy (non-hydrogen) atoms. The Morgan fingerprint density at radius 1 is 1.10 bits per heavy atom. The van der Waals surface area contributed by atoms with Crippen molar-refractivity contribution in [1.29, 1.82) is 0 Å². The van der Waals surface area contributed by atoms with Crippen LogP contribution < -0.4 is 0 Å². The molecule has 5 aliphatic carbocycles. The van der Waals surface area contributed by atoms with Crippen molar-refractivity contribution < 1.29 is 10.2 Å². The smallest absolute Gasteiger partial charge is 0.0634 e. The molecule has 0 aliphatic heterocycles. The lowest BCUT2D eigenvalue weighted by Gasteiger charge is -2.60. The van der Waals surface area contributed by atoms with E-state index in [1.165, 1.54) is 44.1 Å². The fourth-order valence-corrected chi connectivity index (χ4v) is 9.71. The van der Waals surface area contributed by atoms with E-state index >= 15 is 0 Å². The molecule has 0 bridgehead atoms. The van der Waals surface area contributed by atoms with Crippen molar-refractivity contribution in [2.75, 3.05) is 0 Å². The molecule has 2 nitrogen and oxygen atoms in total. The molecule has 0 unspecified atom stereocenters. The number of allylic oxidation sites excluding steroid dienone is 3. The van der Waals surface area contributed by atoms with Gasteiger partial charge in [-0.1, -0.05) is 44.1 Å². The number of fused-ring (bicyclic) bond motifs is 6. The van der Waals surface area contributed by atoms with Crippen LogP contribution in [0.3, 0.4) is 0 Å². The quantitative estimate of drug-likeness (QED) is 0.493. The topological polar surface area (TPSA) is 40.5 Å². The van der Waals surface area contributed by atoms with Crippen LogP contribution in [0.25, 0.3) is 0 Å². The molecule has 0 aromatic rings. The molecule has 2 heteroatoms. The van der Waals surface area contributed by atoms with Gasteiger partial charge in [-0.15, -0.1) is 0 Å². The first-order valence-corrected chi connectivity index (χ1v) is 13.3. The molecule has 1 spiro atoms.